The van der Waals surface area contributed by atoms with Gasteiger partial charge in [-0.15, -0.1) is 0 Å². The number of nitrogens with two attached hydrogens (primary N) is 1. The average molecular weight is 232 g/mol. The summed E-state index contributed by atoms with van der Waals surface area (Å²) in [5, 5.41) is 0. The molecule has 2 heteroatoms. The molecule has 1 aliphatic carbocycles. The maximum absolute atomic E-state index is 5.87. The summed E-state index contributed by atoms with van der Waals surface area (Å²) < 4.78 is 0. The first-order valence-electron chi connectivity index (χ1n) is 6.77. The Morgan fingerprint density at radius 3 is 2.24 bits per heavy atom. The van der Waals surface area contributed by atoms with Crippen molar-refractivity contribution in [2.75, 3.05) is 11.9 Å². The molecule has 2 N–H and O–H groups in total. The van der Waals surface area contributed by atoms with Gasteiger partial charge in [0.2, 0.25) is 0 Å². The van der Waals surface area contributed by atoms with Gasteiger partial charge in [0.1, 0.15) is 0 Å². The van der Waals surface area contributed by atoms with Gasteiger partial charge in [-0.2, -0.15) is 0 Å². The Balaban J connectivity index is 2.05. The zero-order chi connectivity index (χ0) is 12.3. The van der Waals surface area contributed by atoms with Gasteiger partial charge < -0.3 is 10.6 Å². The van der Waals surface area contributed by atoms with Gasteiger partial charge in [-0.3, -0.25) is 0 Å². The molecule has 2 nitrogen and oxygen atoms in total. The van der Waals surface area contributed by atoms with Crippen molar-refractivity contribution in [3.8, 4) is 0 Å². The van der Waals surface area contributed by atoms with E-state index >= 15 is 0 Å². The fraction of sp³-hybridized carbons (Fsp3) is 0.600. The molecule has 0 unspecified atom stereocenters. The Morgan fingerprint density at radius 2 is 1.71 bits per heavy atom. The molecule has 0 radical (unpaired) electrons. The lowest BCUT2D eigenvalue weighted by Gasteiger charge is -2.33. The Hall–Kier alpha value is -1.02. The Bertz CT molecular complexity index is 336. The van der Waals surface area contributed by atoms with Crippen molar-refractivity contribution in [3.63, 3.8) is 0 Å². The zero-order valence-corrected chi connectivity index (χ0v) is 11.0. The minimum atomic E-state index is 0.129. The van der Waals surface area contributed by atoms with Crippen LogP contribution in [-0.4, -0.2) is 13.1 Å². The summed E-state index contributed by atoms with van der Waals surface area (Å²) in [6, 6.07) is 9.56. The molecular weight excluding hydrogens is 208 g/mol. The molecule has 94 valence electrons. The minimum Gasteiger partial charge on any atom is -0.372 e. The van der Waals surface area contributed by atoms with Crippen LogP contribution in [-0.2, 0) is 0 Å². The van der Waals surface area contributed by atoms with E-state index in [1.54, 1.807) is 0 Å². The molecular formula is C15H24N2. The third kappa shape index (κ3) is 3.01. The van der Waals surface area contributed by atoms with Gasteiger partial charge in [-0.1, -0.05) is 31.4 Å². The quantitative estimate of drug-likeness (QED) is 0.864. The van der Waals surface area contributed by atoms with Gasteiger partial charge in [-0.05, 0) is 37.5 Å². The first kappa shape index (κ1) is 12.4. The summed E-state index contributed by atoms with van der Waals surface area (Å²) in [5.74, 6) is 0. The molecule has 17 heavy (non-hydrogen) atoms. The summed E-state index contributed by atoms with van der Waals surface area (Å²) in [6.45, 7) is 2.03. The highest BCUT2D eigenvalue weighted by Crippen LogP contribution is 2.26. The van der Waals surface area contributed by atoms with Crippen LogP contribution in [0, 0.1) is 0 Å². The summed E-state index contributed by atoms with van der Waals surface area (Å²) in [6.07, 6.45) is 6.85. The summed E-state index contributed by atoms with van der Waals surface area (Å²) in [4.78, 5) is 2.43. The lowest BCUT2D eigenvalue weighted by molar-refractivity contribution is 0.427. The number of rotatable bonds is 3. The fourth-order valence-electron chi connectivity index (χ4n) is 2.69. The third-order valence-electron chi connectivity index (χ3n) is 3.95. The van der Waals surface area contributed by atoms with Gasteiger partial charge in [0.15, 0.2) is 0 Å². The molecule has 0 aliphatic heterocycles. The lowest BCUT2D eigenvalue weighted by atomic mass is 9.94. The molecule has 1 aromatic carbocycles. The number of hydrogen-bond acceptors (Lipinski definition) is 2. The van der Waals surface area contributed by atoms with Gasteiger partial charge in [0.25, 0.3) is 0 Å². The zero-order valence-electron chi connectivity index (χ0n) is 11.0. The van der Waals surface area contributed by atoms with Crippen molar-refractivity contribution in [3.05, 3.63) is 29.8 Å². The van der Waals surface area contributed by atoms with E-state index in [1.807, 2.05) is 6.92 Å². The normalized spacial score (nSPS) is 19.0. The van der Waals surface area contributed by atoms with Crippen molar-refractivity contribution in [1.82, 2.24) is 0 Å². The predicted octanol–water partition coefficient (Wildman–Crippen LogP) is 3.48. The molecule has 0 saturated heterocycles. The number of nitrogens with zero attached hydrogens (tertiary/aromatic N) is 1. The molecule has 0 heterocycles. The van der Waals surface area contributed by atoms with Crippen LogP contribution in [0.3, 0.4) is 0 Å². The van der Waals surface area contributed by atoms with Crippen molar-refractivity contribution in [2.24, 2.45) is 5.73 Å². The van der Waals surface area contributed by atoms with E-state index in [2.05, 4.69) is 36.2 Å². The summed E-state index contributed by atoms with van der Waals surface area (Å²) >= 11 is 0. The van der Waals surface area contributed by atoms with E-state index in [0.717, 1.165) is 6.04 Å². The second-order valence-electron chi connectivity index (χ2n) is 5.28. The van der Waals surface area contributed by atoms with E-state index in [0.29, 0.717) is 0 Å². The molecule has 0 bridgehead atoms. The monoisotopic (exact) mass is 232 g/mol. The van der Waals surface area contributed by atoms with Crippen molar-refractivity contribution in [2.45, 2.75) is 51.1 Å². The van der Waals surface area contributed by atoms with Crippen LogP contribution in [0.5, 0.6) is 0 Å². The highest BCUT2D eigenvalue weighted by molar-refractivity contribution is 5.48. The van der Waals surface area contributed by atoms with Crippen molar-refractivity contribution in [1.29, 1.82) is 0 Å². The maximum Gasteiger partial charge on any atom is 0.0366 e. The van der Waals surface area contributed by atoms with Crippen LogP contribution in [0.4, 0.5) is 5.69 Å². The van der Waals surface area contributed by atoms with Crippen LogP contribution in [0.15, 0.2) is 24.3 Å². The van der Waals surface area contributed by atoms with Crippen LogP contribution in [0.25, 0.3) is 0 Å². The van der Waals surface area contributed by atoms with Crippen LogP contribution in [0.1, 0.15) is 50.6 Å². The predicted molar refractivity (Wildman–Crippen MR) is 74.3 cm³/mol. The van der Waals surface area contributed by atoms with Crippen LogP contribution < -0.4 is 10.6 Å². The summed E-state index contributed by atoms with van der Waals surface area (Å²) in [5.41, 5.74) is 8.40. The second kappa shape index (κ2) is 5.54. The van der Waals surface area contributed by atoms with E-state index in [1.165, 1.54) is 43.4 Å². The molecule has 0 aromatic heterocycles. The summed E-state index contributed by atoms with van der Waals surface area (Å²) in [7, 11) is 2.22. The molecule has 1 atom stereocenters. The Kier molecular flexibility index (Phi) is 4.06. The maximum atomic E-state index is 5.87. The molecule has 2 rings (SSSR count). The highest BCUT2D eigenvalue weighted by atomic mass is 15.1. The van der Waals surface area contributed by atoms with Crippen molar-refractivity contribution < 1.29 is 0 Å². The van der Waals surface area contributed by atoms with Gasteiger partial charge >= 0.3 is 0 Å². The lowest BCUT2D eigenvalue weighted by Crippen LogP contribution is -2.33. The van der Waals surface area contributed by atoms with Crippen molar-refractivity contribution >= 4 is 5.69 Å². The minimum absolute atomic E-state index is 0.129. The molecule has 0 spiro atoms. The second-order valence-corrected chi connectivity index (χ2v) is 5.28. The standard InChI is InChI=1S/C15H24N2/c1-12(16)13-8-10-15(11-9-13)17(2)14-6-4-3-5-7-14/h8-12,14H,3-7,16H2,1-2H3/t12-/m0/s1. The Morgan fingerprint density at radius 1 is 1.12 bits per heavy atom. The Labute approximate surface area is 105 Å². The van der Waals surface area contributed by atoms with E-state index in [4.69, 9.17) is 5.73 Å². The van der Waals surface area contributed by atoms with Gasteiger partial charge in [0, 0.05) is 24.8 Å². The van der Waals surface area contributed by atoms with Crippen LogP contribution >= 0.6 is 0 Å². The van der Waals surface area contributed by atoms with E-state index in [-0.39, 0.29) is 6.04 Å². The molecule has 1 aromatic rings. The molecule has 1 saturated carbocycles. The smallest absolute Gasteiger partial charge is 0.0366 e. The van der Waals surface area contributed by atoms with Gasteiger partial charge in [0.05, 0.1) is 0 Å². The topological polar surface area (TPSA) is 29.3 Å². The third-order valence-corrected chi connectivity index (χ3v) is 3.95. The first-order valence-corrected chi connectivity index (χ1v) is 6.77. The average Bonchev–Trinajstić information content (AvgIpc) is 2.39. The number of hydrogen-bond donors (Lipinski definition) is 1. The van der Waals surface area contributed by atoms with Crippen LogP contribution in [0.2, 0.25) is 0 Å². The number of anilines is 1. The molecule has 0 amide bonds. The highest BCUT2D eigenvalue weighted by Gasteiger charge is 2.18. The SMILES string of the molecule is C[C@H](N)c1ccc(N(C)C2CCCCC2)cc1. The number of benzene rings is 1. The first-order chi connectivity index (χ1) is 8.18. The van der Waals surface area contributed by atoms with E-state index in [9.17, 15) is 0 Å². The fourth-order valence-corrected chi connectivity index (χ4v) is 2.69. The molecule has 1 aliphatic rings. The largest absolute Gasteiger partial charge is 0.372 e. The molecule has 1 fully saturated rings. The van der Waals surface area contributed by atoms with E-state index < -0.39 is 0 Å². The van der Waals surface area contributed by atoms with Gasteiger partial charge in [-0.25, -0.2) is 0 Å².